The molecule has 1 aliphatic heterocycles. The average Bonchev–Trinajstić information content (AvgIpc) is 2.93. The summed E-state index contributed by atoms with van der Waals surface area (Å²) >= 11 is 0. The number of rotatable bonds is 5. The molecule has 1 fully saturated rings. The van der Waals surface area contributed by atoms with E-state index in [9.17, 15) is 13.2 Å². The molecule has 7 nitrogen and oxygen atoms in total. The fourth-order valence-electron chi connectivity index (χ4n) is 2.23. The van der Waals surface area contributed by atoms with Gasteiger partial charge >= 0.3 is 5.97 Å². The first-order valence-corrected chi connectivity index (χ1v) is 7.89. The molecule has 1 N–H and O–H groups in total. The van der Waals surface area contributed by atoms with E-state index in [2.05, 4.69) is 5.10 Å². The summed E-state index contributed by atoms with van der Waals surface area (Å²) in [4.78, 5) is 10.6. The molecule has 0 radical (unpaired) electrons. The Morgan fingerprint density at radius 3 is 2.75 bits per heavy atom. The second kappa shape index (κ2) is 5.17. The molecule has 2 heterocycles. The highest BCUT2D eigenvalue weighted by atomic mass is 32.2. The molecular weight excluding hydrogens is 282 g/mol. The first-order valence-electron chi connectivity index (χ1n) is 6.45. The molecule has 0 aromatic carbocycles. The van der Waals surface area contributed by atoms with Crippen molar-refractivity contribution >= 4 is 16.0 Å². The molecule has 0 unspecified atom stereocenters. The lowest BCUT2D eigenvalue weighted by molar-refractivity contribution is -0.137. The van der Waals surface area contributed by atoms with Gasteiger partial charge in [0.05, 0.1) is 19.2 Å². The van der Waals surface area contributed by atoms with Gasteiger partial charge in [0.1, 0.15) is 4.90 Å². The summed E-state index contributed by atoms with van der Waals surface area (Å²) in [6, 6.07) is 0. The quantitative estimate of drug-likeness (QED) is 0.867. The van der Waals surface area contributed by atoms with E-state index >= 15 is 0 Å². The summed E-state index contributed by atoms with van der Waals surface area (Å²) < 4.78 is 27.7. The number of nitrogens with zero attached hydrogens (tertiary/aromatic N) is 3. The van der Waals surface area contributed by atoms with Gasteiger partial charge in [-0.1, -0.05) is 13.8 Å². The van der Waals surface area contributed by atoms with Crippen molar-refractivity contribution in [2.24, 2.45) is 5.41 Å². The molecule has 0 atom stereocenters. The molecule has 2 rings (SSSR count). The number of sulfonamides is 1. The van der Waals surface area contributed by atoms with Crippen LogP contribution < -0.4 is 0 Å². The van der Waals surface area contributed by atoms with Crippen LogP contribution in [0.1, 0.15) is 26.7 Å². The number of hydrogen-bond acceptors (Lipinski definition) is 4. The number of aromatic nitrogens is 2. The lowest BCUT2D eigenvalue weighted by atomic mass is 9.93. The predicted molar refractivity (Wildman–Crippen MR) is 71.6 cm³/mol. The number of aliphatic carboxylic acids is 1. The third-order valence-corrected chi connectivity index (χ3v) is 5.24. The third kappa shape index (κ3) is 3.18. The summed E-state index contributed by atoms with van der Waals surface area (Å²) in [6.45, 7) is 5.25. The SMILES string of the molecule is CC1(C)CCN(S(=O)(=O)c2cnn(CCC(=O)O)c2)C1. The van der Waals surface area contributed by atoms with E-state index in [4.69, 9.17) is 5.11 Å². The summed E-state index contributed by atoms with van der Waals surface area (Å²) in [5, 5.41) is 12.5. The molecule has 20 heavy (non-hydrogen) atoms. The van der Waals surface area contributed by atoms with Crippen molar-refractivity contribution in [2.45, 2.75) is 38.1 Å². The Morgan fingerprint density at radius 1 is 1.50 bits per heavy atom. The molecule has 1 aromatic rings. The predicted octanol–water partition coefficient (Wildman–Crippen LogP) is 0.778. The number of hydrogen-bond donors (Lipinski definition) is 1. The van der Waals surface area contributed by atoms with Crippen LogP contribution in [-0.4, -0.2) is 46.7 Å². The highest BCUT2D eigenvalue weighted by Gasteiger charge is 2.37. The first-order chi connectivity index (χ1) is 9.21. The van der Waals surface area contributed by atoms with E-state index in [1.54, 1.807) is 0 Å². The van der Waals surface area contributed by atoms with Gasteiger partial charge in [0, 0.05) is 19.3 Å². The zero-order valence-corrected chi connectivity index (χ0v) is 12.4. The van der Waals surface area contributed by atoms with Gasteiger partial charge in [-0.3, -0.25) is 9.48 Å². The second-order valence-electron chi connectivity index (χ2n) is 5.84. The smallest absolute Gasteiger partial charge is 0.305 e. The molecular formula is C12H19N3O4S. The van der Waals surface area contributed by atoms with Gasteiger partial charge in [-0.15, -0.1) is 0 Å². The van der Waals surface area contributed by atoms with Crippen molar-refractivity contribution in [3.63, 3.8) is 0 Å². The van der Waals surface area contributed by atoms with Gasteiger partial charge in [0.15, 0.2) is 0 Å². The normalized spacial score (nSPS) is 19.3. The molecule has 8 heteroatoms. The van der Waals surface area contributed by atoms with Crippen LogP contribution in [0.25, 0.3) is 0 Å². The minimum atomic E-state index is -3.52. The van der Waals surface area contributed by atoms with Crippen LogP contribution in [0.3, 0.4) is 0 Å². The average molecular weight is 301 g/mol. The standard InChI is InChI=1S/C12H19N3O4S/c1-12(2)4-6-15(9-12)20(18,19)10-7-13-14(8-10)5-3-11(16)17/h7-8H,3-6,9H2,1-2H3,(H,16,17). The van der Waals surface area contributed by atoms with Crippen LogP contribution in [0.5, 0.6) is 0 Å². The fraction of sp³-hybridized carbons (Fsp3) is 0.667. The van der Waals surface area contributed by atoms with Gasteiger partial charge < -0.3 is 5.11 Å². The number of carbonyl (C=O) groups is 1. The van der Waals surface area contributed by atoms with E-state index in [0.29, 0.717) is 13.1 Å². The van der Waals surface area contributed by atoms with Crippen molar-refractivity contribution in [3.05, 3.63) is 12.4 Å². The topological polar surface area (TPSA) is 92.5 Å². The minimum absolute atomic E-state index is 0.00757. The Balaban J connectivity index is 2.12. The Kier molecular flexibility index (Phi) is 3.88. The van der Waals surface area contributed by atoms with Crippen LogP contribution in [0.2, 0.25) is 0 Å². The molecule has 0 amide bonds. The largest absolute Gasteiger partial charge is 0.481 e. The molecule has 1 saturated heterocycles. The Bertz CT molecular complexity index is 606. The van der Waals surface area contributed by atoms with Crippen molar-refractivity contribution in [3.8, 4) is 0 Å². The van der Waals surface area contributed by atoms with Crippen molar-refractivity contribution in [1.29, 1.82) is 0 Å². The molecule has 0 spiro atoms. The molecule has 0 saturated carbocycles. The molecule has 112 valence electrons. The van der Waals surface area contributed by atoms with Gasteiger partial charge in [-0.05, 0) is 11.8 Å². The zero-order chi connectivity index (χ0) is 15.0. The van der Waals surface area contributed by atoms with E-state index in [1.165, 1.54) is 21.4 Å². The maximum atomic E-state index is 12.4. The van der Waals surface area contributed by atoms with Crippen molar-refractivity contribution in [1.82, 2.24) is 14.1 Å². The molecule has 0 bridgehead atoms. The molecule has 1 aromatic heterocycles. The Hall–Kier alpha value is -1.41. The highest BCUT2D eigenvalue weighted by Crippen LogP contribution is 2.32. The van der Waals surface area contributed by atoms with Crippen LogP contribution in [0.15, 0.2) is 17.3 Å². The van der Waals surface area contributed by atoms with E-state index in [1.807, 2.05) is 13.8 Å². The van der Waals surface area contributed by atoms with Crippen LogP contribution in [0.4, 0.5) is 0 Å². The van der Waals surface area contributed by atoms with Gasteiger partial charge in [0.25, 0.3) is 0 Å². The number of aryl methyl sites for hydroxylation is 1. The monoisotopic (exact) mass is 301 g/mol. The maximum absolute atomic E-state index is 12.4. The Labute approximate surface area is 118 Å². The van der Waals surface area contributed by atoms with Gasteiger partial charge in [0.2, 0.25) is 10.0 Å². The summed E-state index contributed by atoms with van der Waals surface area (Å²) in [6.07, 6.45) is 3.42. The maximum Gasteiger partial charge on any atom is 0.305 e. The van der Waals surface area contributed by atoms with Gasteiger partial charge in [-0.25, -0.2) is 8.42 Å². The molecule has 0 aliphatic carbocycles. The second-order valence-corrected chi connectivity index (χ2v) is 7.77. The van der Waals surface area contributed by atoms with Gasteiger partial charge in [-0.2, -0.15) is 9.40 Å². The number of carboxylic acid groups (broad SMARTS) is 1. The van der Waals surface area contributed by atoms with Crippen molar-refractivity contribution < 1.29 is 18.3 Å². The Morgan fingerprint density at radius 2 is 2.20 bits per heavy atom. The van der Waals surface area contributed by atoms with E-state index in [-0.39, 0.29) is 23.3 Å². The number of carboxylic acids is 1. The molecule has 1 aliphatic rings. The lowest BCUT2D eigenvalue weighted by Crippen LogP contribution is -2.30. The first kappa shape index (κ1) is 15.0. The summed E-state index contributed by atoms with van der Waals surface area (Å²) in [5.41, 5.74) is -0.00757. The van der Waals surface area contributed by atoms with Crippen LogP contribution in [-0.2, 0) is 21.4 Å². The van der Waals surface area contributed by atoms with E-state index < -0.39 is 16.0 Å². The zero-order valence-electron chi connectivity index (χ0n) is 11.6. The third-order valence-electron chi connectivity index (χ3n) is 3.44. The van der Waals surface area contributed by atoms with E-state index in [0.717, 1.165) is 6.42 Å². The summed E-state index contributed by atoms with van der Waals surface area (Å²) in [5.74, 6) is -0.939. The fourth-order valence-corrected chi connectivity index (χ4v) is 3.81. The highest BCUT2D eigenvalue weighted by molar-refractivity contribution is 7.89. The van der Waals surface area contributed by atoms with Crippen LogP contribution >= 0.6 is 0 Å². The van der Waals surface area contributed by atoms with Crippen molar-refractivity contribution in [2.75, 3.05) is 13.1 Å². The lowest BCUT2D eigenvalue weighted by Gasteiger charge is -2.18. The van der Waals surface area contributed by atoms with Crippen LogP contribution in [0, 0.1) is 5.41 Å². The summed E-state index contributed by atoms with van der Waals surface area (Å²) in [7, 11) is -3.52. The minimum Gasteiger partial charge on any atom is -0.481 e.